The van der Waals surface area contributed by atoms with E-state index in [1.807, 2.05) is 7.05 Å². The third kappa shape index (κ3) is 7.52. The van der Waals surface area contributed by atoms with Crippen LogP contribution in [0.3, 0.4) is 0 Å². The number of nitrogens with zero attached hydrogens (tertiary/aromatic N) is 2. The number of hydrogen-bond acceptors (Lipinski definition) is 2. The van der Waals surface area contributed by atoms with Gasteiger partial charge >= 0.3 is 0 Å². The Morgan fingerprint density at radius 2 is 1.92 bits per heavy atom. The van der Waals surface area contributed by atoms with Crippen molar-refractivity contribution in [1.29, 1.82) is 0 Å². The zero-order valence-corrected chi connectivity index (χ0v) is 18.5. The molecule has 0 radical (unpaired) electrons. The Balaban J connectivity index is 0.00000312. The first-order valence-corrected chi connectivity index (χ1v) is 9.33. The summed E-state index contributed by atoms with van der Waals surface area (Å²) >= 11 is 0. The van der Waals surface area contributed by atoms with E-state index in [2.05, 4.69) is 71.6 Å². The summed E-state index contributed by atoms with van der Waals surface area (Å²) in [5, 5.41) is 6.98. The number of halogens is 1. The largest absolute Gasteiger partial charge is 0.356 e. The van der Waals surface area contributed by atoms with Crippen LogP contribution in [0, 0.1) is 5.92 Å². The molecular weight excluding hydrogens is 423 g/mol. The zero-order chi connectivity index (χ0) is 17.4. The van der Waals surface area contributed by atoms with E-state index < -0.39 is 0 Å². The van der Waals surface area contributed by atoms with Crippen LogP contribution in [0.25, 0.3) is 0 Å². The van der Waals surface area contributed by atoms with Crippen LogP contribution < -0.4 is 10.6 Å². The molecule has 1 fully saturated rings. The number of guanidine groups is 1. The van der Waals surface area contributed by atoms with E-state index in [4.69, 9.17) is 0 Å². The van der Waals surface area contributed by atoms with Gasteiger partial charge in [0.05, 0.1) is 0 Å². The quantitative estimate of drug-likeness (QED) is 0.388. The molecule has 1 aromatic rings. The van der Waals surface area contributed by atoms with Crippen molar-refractivity contribution in [3.8, 4) is 0 Å². The summed E-state index contributed by atoms with van der Waals surface area (Å²) in [6.07, 6.45) is 2.62. The molecule has 2 atom stereocenters. The van der Waals surface area contributed by atoms with Gasteiger partial charge in [-0.1, -0.05) is 37.3 Å². The fourth-order valence-corrected chi connectivity index (χ4v) is 3.34. The van der Waals surface area contributed by atoms with Gasteiger partial charge in [-0.15, -0.1) is 24.0 Å². The lowest BCUT2D eigenvalue weighted by atomic mass is 9.97. The second-order valence-corrected chi connectivity index (χ2v) is 7.24. The van der Waals surface area contributed by atoms with E-state index in [0.29, 0.717) is 17.9 Å². The van der Waals surface area contributed by atoms with E-state index in [9.17, 15) is 0 Å². The number of likely N-dealkylation sites (tertiary alicyclic amines) is 1. The van der Waals surface area contributed by atoms with Crippen molar-refractivity contribution in [3.63, 3.8) is 0 Å². The van der Waals surface area contributed by atoms with Crippen LogP contribution in [-0.4, -0.2) is 50.1 Å². The summed E-state index contributed by atoms with van der Waals surface area (Å²) in [4.78, 5) is 6.96. The minimum Gasteiger partial charge on any atom is -0.356 e. The molecule has 142 valence electrons. The molecule has 1 aliphatic heterocycles. The standard InChI is InChI=1S/C20H34N4.HI/c1-16(2)24-12-8-9-18(15-24)14-23-20(21-4)22-13-17(3)19-10-6-5-7-11-19;/h5-7,10-11,16-18H,8-9,12-15H2,1-4H3,(H2,21,22,23);1H. The summed E-state index contributed by atoms with van der Waals surface area (Å²) in [6.45, 7) is 11.2. The Morgan fingerprint density at radius 3 is 2.56 bits per heavy atom. The van der Waals surface area contributed by atoms with Crippen molar-refractivity contribution in [2.24, 2.45) is 10.9 Å². The van der Waals surface area contributed by atoms with Crippen LogP contribution >= 0.6 is 24.0 Å². The first-order valence-electron chi connectivity index (χ1n) is 9.33. The fourth-order valence-electron chi connectivity index (χ4n) is 3.34. The van der Waals surface area contributed by atoms with Crippen molar-refractivity contribution in [3.05, 3.63) is 35.9 Å². The summed E-state index contributed by atoms with van der Waals surface area (Å²) in [7, 11) is 1.85. The van der Waals surface area contributed by atoms with Crippen LogP contribution in [0.2, 0.25) is 0 Å². The van der Waals surface area contributed by atoms with Gasteiger partial charge in [0.15, 0.2) is 5.96 Å². The molecule has 1 heterocycles. The lowest BCUT2D eigenvalue weighted by Crippen LogP contribution is -2.46. The summed E-state index contributed by atoms with van der Waals surface area (Å²) < 4.78 is 0. The number of aliphatic imine (C=N–C) groups is 1. The highest BCUT2D eigenvalue weighted by Gasteiger charge is 2.21. The molecule has 2 unspecified atom stereocenters. The van der Waals surface area contributed by atoms with Gasteiger partial charge in [-0.25, -0.2) is 0 Å². The topological polar surface area (TPSA) is 39.7 Å². The van der Waals surface area contributed by atoms with Gasteiger partial charge in [-0.05, 0) is 50.6 Å². The lowest BCUT2D eigenvalue weighted by molar-refractivity contribution is 0.141. The molecule has 0 saturated carbocycles. The van der Waals surface area contributed by atoms with Gasteiger partial charge in [-0.2, -0.15) is 0 Å². The Labute approximate surface area is 170 Å². The average Bonchev–Trinajstić information content (AvgIpc) is 2.62. The molecule has 25 heavy (non-hydrogen) atoms. The third-order valence-corrected chi connectivity index (χ3v) is 5.01. The van der Waals surface area contributed by atoms with Crippen molar-refractivity contribution < 1.29 is 0 Å². The second-order valence-electron chi connectivity index (χ2n) is 7.24. The number of hydrogen-bond donors (Lipinski definition) is 2. The van der Waals surface area contributed by atoms with E-state index in [-0.39, 0.29) is 24.0 Å². The number of nitrogens with one attached hydrogen (secondary N) is 2. The first kappa shape index (κ1) is 22.2. The van der Waals surface area contributed by atoms with Gasteiger partial charge < -0.3 is 15.5 Å². The molecular formula is C20H35IN4. The normalized spacial score (nSPS) is 20.0. The number of piperidine rings is 1. The molecule has 4 nitrogen and oxygen atoms in total. The predicted octanol–water partition coefficient (Wildman–Crippen LogP) is 3.69. The maximum atomic E-state index is 4.37. The van der Waals surface area contributed by atoms with Crippen molar-refractivity contribution in [1.82, 2.24) is 15.5 Å². The van der Waals surface area contributed by atoms with E-state index in [1.165, 1.54) is 31.5 Å². The van der Waals surface area contributed by atoms with Crippen LogP contribution in [0.5, 0.6) is 0 Å². The minimum atomic E-state index is 0. The van der Waals surface area contributed by atoms with Gasteiger partial charge in [0.25, 0.3) is 0 Å². The molecule has 2 rings (SSSR count). The predicted molar refractivity (Wildman–Crippen MR) is 119 cm³/mol. The van der Waals surface area contributed by atoms with Gasteiger partial charge in [0.2, 0.25) is 0 Å². The zero-order valence-electron chi connectivity index (χ0n) is 16.2. The maximum absolute atomic E-state index is 4.37. The monoisotopic (exact) mass is 458 g/mol. The van der Waals surface area contributed by atoms with Crippen molar-refractivity contribution in [2.45, 2.75) is 45.6 Å². The third-order valence-electron chi connectivity index (χ3n) is 5.01. The van der Waals surface area contributed by atoms with Gasteiger partial charge in [0.1, 0.15) is 0 Å². The fraction of sp³-hybridized carbons (Fsp3) is 0.650. The highest BCUT2D eigenvalue weighted by Crippen LogP contribution is 2.17. The van der Waals surface area contributed by atoms with Crippen molar-refractivity contribution >= 4 is 29.9 Å². The molecule has 5 heteroatoms. The molecule has 1 aliphatic rings. The molecule has 1 aromatic carbocycles. The molecule has 0 amide bonds. The Hall–Kier alpha value is -0.820. The van der Waals surface area contributed by atoms with Crippen LogP contribution in [0.4, 0.5) is 0 Å². The molecule has 0 spiro atoms. The summed E-state index contributed by atoms with van der Waals surface area (Å²) in [6, 6.07) is 11.3. The summed E-state index contributed by atoms with van der Waals surface area (Å²) in [5.74, 6) is 2.10. The molecule has 0 aliphatic carbocycles. The molecule has 0 aromatic heterocycles. The Bertz CT molecular complexity index is 504. The number of rotatable bonds is 6. The van der Waals surface area contributed by atoms with Crippen LogP contribution in [0.1, 0.15) is 45.1 Å². The number of benzene rings is 1. The van der Waals surface area contributed by atoms with E-state index in [1.54, 1.807) is 0 Å². The maximum Gasteiger partial charge on any atom is 0.191 e. The van der Waals surface area contributed by atoms with E-state index in [0.717, 1.165) is 19.0 Å². The van der Waals surface area contributed by atoms with Crippen LogP contribution in [-0.2, 0) is 0 Å². The second kappa shape index (κ2) is 11.7. The van der Waals surface area contributed by atoms with E-state index >= 15 is 0 Å². The highest BCUT2D eigenvalue weighted by molar-refractivity contribution is 14.0. The van der Waals surface area contributed by atoms with Crippen LogP contribution in [0.15, 0.2) is 35.3 Å². The molecule has 0 bridgehead atoms. The summed E-state index contributed by atoms with van der Waals surface area (Å²) in [5.41, 5.74) is 1.36. The SMILES string of the molecule is CN=C(NCC1CCCN(C(C)C)C1)NCC(C)c1ccccc1.I. The van der Waals surface area contributed by atoms with Gasteiger partial charge in [-0.3, -0.25) is 4.99 Å². The average molecular weight is 458 g/mol. The van der Waals surface area contributed by atoms with Gasteiger partial charge in [0, 0.05) is 32.7 Å². The smallest absolute Gasteiger partial charge is 0.191 e. The Morgan fingerprint density at radius 1 is 1.20 bits per heavy atom. The molecule has 1 saturated heterocycles. The highest BCUT2D eigenvalue weighted by atomic mass is 127. The van der Waals surface area contributed by atoms with Crippen molar-refractivity contribution in [2.75, 3.05) is 33.2 Å². The first-order chi connectivity index (χ1) is 11.6. The molecule has 2 N–H and O–H groups in total. The Kier molecular flexibility index (Phi) is 10.4. The lowest BCUT2D eigenvalue weighted by Gasteiger charge is -2.35. The minimum absolute atomic E-state index is 0.